The van der Waals surface area contributed by atoms with Crippen molar-refractivity contribution in [2.75, 3.05) is 0 Å². The first kappa shape index (κ1) is 11.9. The van der Waals surface area contributed by atoms with Crippen LogP contribution in [0.5, 0.6) is 5.75 Å². The Morgan fingerprint density at radius 2 is 2.24 bits per heavy atom. The zero-order valence-corrected chi connectivity index (χ0v) is 10.00. The number of carbonyl (C=O) groups excluding carboxylic acids is 1. The number of rotatable bonds is 4. The minimum Gasteiger partial charge on any atom is -0.478 e. The quantitative estimate of drug-likeness (QED) is 0.871. The number of aryl methyl sites for hydroxylation is 1. The van der Waals surface area contributed by atoms with Crippen LogP contribution in [0.25, 0.3) is 0 Å². The second kappa shape index (κ2) is 4.73. The number of nitrogens with one attached hydrogen (secondary N) is 1. The van der Waals surface area contributed by atoms with Gasteiger partial charge in [0.15, 0.2) is 17.7 Å². The lowest BCUT2D eigenvalue weighted by atomic mass is 10.2. The van der Waals surface area contributed by atoms with Crippen molar-refractivity contribution in [3.63, 3.8) is 0 Å². The Kier molecular flexibility index (Phi) is 3.31. The molecule has 0 heterocycles. The molecular weight excluding hydrogens is 221 g/mol. The van der Waals surface area contributed by atoms with Crippen LogP contribution in [0.3, 0.4) is 0 Å². The highest BCUT2D eigenvalue weighted by Gasteiger charge is 2.26. The van der Waals surface area contributed by atoms with Crippen molar-refractivity contribution in [3.05, 3.63) is 29.6 Å². The third-order valence-corrected chi connectivity index (χ3v) is 2.75. The van der Waals surface area contributed by atoms with Crippen molar-refractivity contribution in [3.8, 4) is 5.75 Å². The number of hydrogen-bond donors (Lipinski definition) is 1. The van der Waals surface area contributed by atoms with Gasteiger partial charge < -0.3 is 10.1 Å². The van der Waals surface area contributed by atoms with Crippen LogP contribution in [-0.4, -0.2) is 18.1 Å². The number of ether oxygens (including phenoxy) is 1. The van der Waals surface area contributed by atoms with E-state index in [1.165, 1.54) is 6.07 Å². The molecule has 1 N–H and O–H groups in total. The SMILES string of the molecule is Cc1cccc(OC(C)C(=O)NC2CC2)c1F. The van der Waals surface area contributed by atoms with Crippen molar-refractivity contribution in [1.82, 2.24) is 5.32 Å². The number of carbonyl (C=O) groups is 1. The molecule has 3 nitrogen and oxygen atoms in total. The molecule has 0 saturated heterocycles. The van der Waals surface area contributed by atoms with Crippen molar-refractivity contribution in [2.45, 2.75) is 38.8 Å². The van der Waals surface area contributed by atoms with Gasteiger partial charge in [0.2, 0.25) is 0 Å². The van der Waals surface area contributed by atoms with Gasteiger partial charge in [0, 0.05) is 6.04 Å². The van der Waals surface area contributed by atoms with Gasteiger partial charge in [-0.15, -0.1) is 0 Å². The first-order chi connectivity index (χ1) is 8.08. The molecule has 0 aromatic heterocycles. The summed E-state index contributed by atoms with van der Waals surface area (Å²) in [5.74, 6) is -0.463. The standard InChI is InChI=1S/C13H16FNO2/c1-8-4-3-5-11(12(8)14)17-9(2)13(16)15-10-6-7-10/h3-5,9-10H,6-7H2,1-2H3,(H,15,16). The predicted molar refractivity (Wildman–Crippen MR) is 62.4 cm³/mol. The minimum atomic E-state index is -0.674. The highest BCUT2D eigenvalue weighted by molar-refractivity contribution is 5.81. The van der Waals surface area contributed by atoms with E-state index in [1.54, 1.807) is 26.0 Å². The zero-order valence-electron chi connectivity index (χ0n) is 10.00. The molecule has 1 aromatic rings. The number of halogens is 1. The van der Waals surface area contributed by atoms with Gasteiger partial charge in [-0.1, -0.05) is 12.1 Å². The fourth-order valence-electron chi connectivity index (χ4n) is 1.50. The summed E-state index contributed by atoms with van der Waals surface area (Å²) in [5, 5.41) is 2.82. The summed E-state index contributed by atoms with van der Waals surface area (Å²) in [4.78, 5) is 11.6. The van der Waals surface area contributed by atoms with Crippen molar-refractivity contribution in [2.24, 2.45) is 0 Å². The minimum absolute atomic E-state index is 0.128. The van der Waals surface area contributed by atoms with E-state index in [4.69, 9.17) is 4.74 Å². The zero-order chi connectivity index (χ0) is 12.4. The number of hydrogen-bond acceptors (Lipinski definition) is 2. The molecule has 0 aliphatic heterocycles. The Morgan fingerprint density at radius 1 is 1.53 bits per heavy atom. The van der Waals surface area contributed by atoms with Gasteiger partial charge in [-0.2, -0.15) is 0 Å². The Labute approximate surface area is 100.0 Å². The normalized spacial score (nSPS) is 16.4. The van der Waals surface area contributed by atoms with Gasteiger partial charge in [-0.3, -0.25) is 4.79 Å². The van der Waals surface area contributed by atoms with Gasteiger partial charge >= 0.3 is 0 Å². The van der Waals surface area contributed by atoms with E-state index < -0.39 is 11.9 Å². The second-order valence-corrected chi connectivity index (χ2v) is 4.43. The fraction of sp³-hybridized carbons (Fsp3) is 0.462. The van der Waals surface area contributed by atoms with Crippen LogP contribution in [0.1, 0.15) is 25.3 Å². The topological polar surface area (TPSA) is 38.3 Å². The van der Waals surface area contributed by atoms with Gasteiger partial charge in [0.25, 0.3) is 5.91 Å². The van der Waals surface area contributed by atoms with Crippen LogP contribution in [0, 0.1) is 12.7 Å². The molecule has 1 aliphatic rings. The van der Waals surface area contributed by atoms with Crippen LogP contribution in [0.2, 0.25) is 0 Å². The summed E-state index contributed by atoms with van der Waals surface area (Å²) in [6.07, 6.45) is 1.38. The lowest BCUT2D eigenvalue weighted by Crippen LogP contribution is -2.37. The molecule has 1 saturated carbocycles. The average Bonchev–Trinajstić information content (AvgIpc) is 3.08. The van der Waals surface area contributed by atoms with Crippen molar-refractivity contribution < 1.29 is 13.9 Å². The first-order valence-electron chi connectivity index (χ1n) is 5.80. The van der Waals surface area contributed by atoms with Crippen LogP contribution >= 0.6 is 0 Å². The highest BCUT2D eigenvalue weighted by Crippen LogP contribution is 2.22. The Balaban J connectivity index is 1.99. The molecule has 1 aliphatic carbocycles. The predicted octanol–water partition coefficient (Wildman–Crippen LogP) is 2.18. The summed E-state index contributed by atoms with van der Waals surface area (Å²) in [6.45, 7) is 3.29. The van der Waals surface area contributed by atoms with Crippen LogP contribution in [0.15, 0.2) is 18.2 Å². The van der Waals surface area contributed by atoms with Gasteiger partial charge in [0.1, 0.15) is 0 Å². The van der Waals surface area contributed by atoms with E-state index in [0.29, 0.717) is 5.56 Å². The third-order valence-electron chi connectivity index (χ3n) is 2.75. The monoisotopic (exact) mass is 237 g/mol. The summed E-state index contributed by atoms with van der Waals surface area (Å²) >= 11 is 0. The van der Waals surface area contributed by atoms with E-state index in [1.807, 2.05) is 0 Å². The molecule has 1 atom stereocenters. The summed E-state index contributed by atoms with van der Waals surface area (Å²) in [7, 11) is 0. The largest absolute Gasteiger partial charge is 0.478 e. The Bertz CT molecular complexity index is 429. The maximum Gasteiger partial charge on any atom is 0.260 e. The molecule has 1 amide bonds. The molecule has 92 valence electrons. The fourth-order valence-corrected chi connectivity index (χ4v) is 1.50. The van der Waals surface area contributed by atoms with E-state index in [0.717, 1.165) is 12.8 Å². The van der Waals surface area contributed by atoms with Gasteiger partial charge in [0.05, 0.1) is 0 Å². The second-order valence-electron chi connectivity index (χ2n) is 4.43. The summed E-state index contributed by atoms with van der Waals surface area (Å²) < 4.78 is 19.0. The lowest BCUT2D eigenvalue weighted by Gasteiger charge is -2.15. The molecule has 17 heavy (non-hydrogen) atoms. The molecule has 1 unspecified atom stereocenters. The van der Waals surface area contributed by atoms with E-state index in [2.05, 4.69) is 5.32 Å². The average molecular weight is 237 g/mol. The molecule has 0 bridgehead atoms. The number of benzene rings is 1. The summed E-state index contributed by atoms with van der Waals surface area (Å²) in [6, 6.07) is 5.19. The van der Waals surface area contributed by atoms with E-state index in [-0.39, 0.29) is 17.7 Å². The van der Waals surface area contributed by atoms with Crippen LogP contribution in [0.4, 0.5) is 4.39 Å². The highest BCUT2D eigenvalue weighted by atomic mass is 19.1. The first-order valence-corrected chi connectivity index (χ1v) is 5.80. The molecule has 0 radical (unpaired) electrons. The van der Waals surface area contributed by atoms with Gasteiger partial charge in [-0.25, -0.2) is 4.39 Å². The third kappa shape index (κ3) is 2.96. The summed E-state index contributed by atoms with van der Waals surface area (Å²) in [5.41, 5.74) is 0.511. The van der Waals surface area contributed by atoms with Crippen LogP contribution < -0.4 is 10.1 Å². The van der Waals surface area contributed by atoms with Gasteiger partial charge in [-0.05, 0) is 38.3 Å². The molecular formula is C13H16FNO2. The van der Waals surface area contributed by atoms with E-state index >= 15 is 0 Å². The molecule has 2 rings (SSSR count). The Morgan fingerprint density at radius 3 is 2.88 bits per heavy atom. The van der Waals surface area contributed by atoms with Crippen molar-refractivity contribution >= 4 is 5.91 Å². The van der Waals surface area contributed by atoms with E-state index in [9.17, 15) is 9.18 Å². The van der Waals surface area contributed by atoms with Crippen LogP contribution in [-0.2, 0) is 4.79 Å². The molecule has 0 spiro atoms. The maximum atomic E-state index is 13.6. The Hall–Kier alpha value is -1.58. The molecule has 4 heteroatoms. The number of amides is 1. The lowest BCUT2D eigenvalue weighted by molar-refractivity contribution is -0.127. The molecule has 1 fully saturated rings. The molecule has 1 aromatic carbocycles. The van der Waals surface area contributed by atoms with Crippen molar-refractivity contribution in [1.29, 1.82) is 0 Å². The maximum absolute atomic E-state index is 13.6. The smallest absolute Gasteiger partial charge is 0.260 e.